The number of hydrogen-bond donors (Lipinski definition) is 0. The molecule has 0 aliphatic heterocycles. The molecule has 0 bridgehead atoms. The van der Waals surface area contributed by atoms with Gasteiger partial charge in [-0.05, 0) is 123 Å². The van der Waals surface area contributed by atoms with Gasteiger partial charge in [-0.3, -0.25) is 13.7 Å². The highest BCUT2D eigenvalue weighted by Gasteiger charge is 2.25. The Kier molecular flexibility index (Phi) is 9.30. The van der Waals surface area contributed by atoms with Gasteiger partial charge in [-0.2, -0.15) is 0 Å². The van der Waals surface area contributed by atoms with Crippen molar-refractivity contribution in [2.45, 2.75) is 86.0 Å². The van der Waals surface area contributed by atoms with Crippen LogP contribution in [-0.2, 0) is 10.8 Å². The lowest BCUT2D eigenvalue weighted by Crippen LogP contribution is -2.32. The van der Waals surface area contributed by atoms with Crippen LogP contribution in [0.25, 0.3) is 72.3 Å². The molecule has 10 rings (SSSR count). The summed E-state index contributed by atoms with van der Waals surface area (Å²) in [5.41, 5.74) is 11.2. The average Bonchev–Trinajstić information content (AvgIpc) is 3.91. The van der Waals surface area contributed by atoms with Gasteiger partial charge in [0.15, 0.2) is 0 Å². The smallest absolute Gasteiger partial charge is 0.269 e. The first-order valence-corrected chi connectivity index (χ1v) is 23.2. The van der Waals surface area contributed by atoms with Gasteiger partial charge < -0.3 is 4.74 Å². The van der Waals surface area contributed by atoms with E-state index in [2.05, 4.69) is 122 Å². The Morgan fingerprint density at radius 1 is 0.642 bits per heavy atom. The molecular formula is C62H60N4O. The number of pyridine rings is 1. The molecule has 0 aliphatic carbocycles. The number of ether oxygens (including phenoxy) is 1. The van der Waals surface area contributed by atoms with E-state index in [1.165, 1.54) is 0 Å². The van der Waals surface area contributed by atoms with Crippen LogP contribution in [0.5, 0.6) is 11.5 Å². The van der Waals surface area contributed by atoms with E-state index in [1.807, 2.05) is 101 Å². The van der Waals surface area contributed by atoms with E-state index in [0.29, 0.717) is 22.7 Å². The highest BCUT2D eigenvalue weighted by Crippen LogP contribution is 2.40. The summed E-state index contributed by atoms with van der Waals surface area (Å²) >= 11 is 0. The number of nitrogens with zero attached hydrogens (tertiary/aromatic N) is 4. The Hall–Kier alpha value is -7.24. The van der Waals surface area contributed by atoms with Crippen LogP contribution in [0.15, 0.2) is 170 Å². The van der Waals surface area contributed by atoms with Crippen molar-refractivity contribution in [2.75, 3.05) is 0 Å². The molecule has 0 saturated heterocycles. The fourth-order valence-electron chi connectivity index (χ4n) is 9.13. The zero-order valence-corrected chi connectivity index (χ0v) is 40.1. The molecule has 334 valence electrons. The van der Waals surface area contributed by atoms with Gasteiger partial charge in [0.05, 0.1) is 40.3 Å². The lowest BCUT2D eigenvalue weighted by Gasteiger charge is -2.27. The molecule has 0 N–H and O–H groups in total. The van der Waals surface area contributed by atoms with Crippen LogP contribution < -0.4 is 9.30 Å². The predicted octanol–water partition coefficient (Wildman–Crippen LogP) is 16.0. The molecule has 67 heavy (non-hydrogen) atoms. The van der Waals surface area contributed by atoms with Gasteiger partial charge in [0.25, 0.3) is 6.33 Å². The predicted molar refractivity (Wildman–Crippen MR) is 279 cm³/mol. The monoisotopic (exact) mass is 883 g/mol. The maximum absolute atomic E-state index is 9.25. The van der Waals surface area contributed by atoms with Crippen molar-refractivity contribution in [3.05, 3.63) is 198 Å². The van der Waals surface area contributed by atoms with E-state index in [4.69, 9.17) is 13.8 Å². The van der Waals surface area contributed by atoms with Gasteiger partial charge in [-0.1, -0.05) is 171 Å². The largest absolute Gasteiger partial charge is 0.458 e. The molecule has 0 spiro atoms. The quantitative estimate of drug-likeness (QED) is 0.107. The SMILES string of the molecule is [2H]c1c([2H])c([2H])c(-c2cccc(-c3cc(C(C)(C)C)cc(C(C)(C)C)c3)c2-[n+]2[c-]n(-c3cccc(Oc4ccc5c6ccccc6n(-c6cc(C([2H])(C)C(C)C)ccn6)c5c4)c3)c3cccc(C)c32)c([2H])c1[2H]. The minimum absolute atomic E-state index is 0.0936. The molecule has 10 aromatic rings. The molecule has 1 atom stereocenters. The molecule has 0 fully saturated rings. The number of rotatable bonds is 9. The molecule has 3 aromatic heterocycles. The van der Waals surface area contributed by atoms with Crippen LogP contribution in [0.1, 0.15) is 98.7 Å². The van der Waals surface area contributed by atoms with E-state index in [-0.39, 0.29) is 34.4 Å². The van der Waals surface area contributed by atoms with Crippen LogP contribution in [-0.4, -0.2) is 14.1 Å². The van der Waals surface area contributed by atoms with E-state index < -0.39 is 24.0 Å². The van der Waals surface area contributed by atoms with Gasteiger partial charge in [0.1, 0.15) is 17.3 Å². The molecule has 5 heteroatoms. The summed E-state index contributed by atoms with van der Waals surface area (Å²) in [7, 11) is 0. The third kappa shape index (κ3) is 8.11. The Bertz CT molecular complexity index is 3770. The molecule has 0 aliphatic rings. The van der Waals surface area contributed by atoms with E-state index >= 15 is 0 Å². The van der Waals surface area contributed by atoms with Crippen LogP contribution in [0.4, 0.5) is 0 Å². The maximum atomic E-state index is 9.25. The molecular weight excluding hydrogens is 817 g/mol. The summed E-state index contributed by atoms with van der Waals surface area (Å²) in [5, 5.41) is 2.14. The van der Waals surface area contributed by atoms with Crippen molar-refractivity contribution >= 4 is 32.8 Å². The first-order chi connectivity index (χ1) is 34.5. The van der Waals surface area contributed by atoms with Crippen LogP contribution in [0, 0.1) is 19.2 Å². The molecule has 1 unspecified atom stereocenters. The summed E-state index contributed by atoms with van der Waals surface area (Å²) in [6.45, 7) is 21.4. The van der Waals surface area contributed by atoms with Crippen LogP contribution in [0.3, 0.4) is 0 Å². The second-order valence-electron chi connectivity index (χ2n) is 20.1. The lowest BCUT2D eigenvalue weighted by atomic mass is 9.78. The molecule has 7 aromatic carbocycles. The number of aromatic nitrogens is 4. The van der Waals surface area contributed by atoms with Crippen molar-refractivity contribution in [3.8, 4) is 50.9 Å². The zero-order chi connectivity index (χ0) is 52.1. The fraction of sp³-hybridized carbons (Fsp3) is 0.226. The Morgan fingerprint density at radius 3 is 2.03 bits per heavy atom. The number of fused-ring (bicyclic) bond motifs is 4. The maximum Gasteiger partial charge on any atom is 0.269 e. The van der Waals surface area contributed by atoms with Crippen LogP contribution >= 0.6 is 0 Å². The highest BCUT2D eigenvalue weighted by atomic mass is 16.5. The second kappa shape index (κ2) is 16.9. The number of benzene rings is 7. The highest BCUT2D eigenvalue weighted by molar-refractivity contribution is 6.09. The number of imidazole rings is 1. The van der Waals surface area contributed by atoms with Crippen molar-refractivity contribution in [1.29, 1.82) is 0 Å². The molecule has 0 amide bonds. The first kappa shape index (κ1) is 36.9. The van der Waals surface area contributed by atoms with Gasteiger partial charge in [-0.15, -0.1) is 0 Å². The van der Waals surface area contributed by atoms with E-state index in [0.717, 1.165) is 77.7 Å². The molecule has 0 radical (unpaired) electrons. The molecule has 0 saturated carbocycles. The summed E-state index contributed by atoms with van der Waals surface area (Å²) in [6.07, 6.45) is 5.52. The standard InChI is InChI=1S/C62H60N4O/c1-40(2)42(4)44-31-32-63-58(35-44)66-55-27-15-14-24-53(55)54-30-29-50(38-57(54)66)67-49-23-17-22-48(37-49)64-39-65(59-41(3)19-16-28-56(59)64)60-51(43-20-12-11-13-21-43)25-18-26-52(60)45-33-46(61(5,6)7)36-47(34-45)62(8,9)10/h11-38,40,42H,1-10H3/i11D,12D,13D,20D,21D,42D. The average molecular weight is 883 g/mol. The third-order valence-electron chi connectivity index (χ3n) is 13.1. The Morgan fingerprint density at radius 2 is 1.30 bits per heavy atom. The topological polar surface area (TPSA) is 35.9 Å². The minimum atomic E-state index is -0.805. The normalized spacial score (nSPS) is 14.4. The van der Waals surface area contributed by atoms with Crippen molar-refractivity contribution < 1.29 is 17.5 Å². The van der Waals surface area contributed by atoms with E-state index in [9.17, 15) is 4.11 Å². The summed E-state index contributed by atoms with van der Waals surface area (Å²) in [5.74, 6) is 1.25. The zero-order valence-electron chi connectivity index (χ0n) is 46.1. The van der Waals surface area contributed by atoms with Crippen molar-refractivity contribution in [1.82, 2.24) is 14.1 Å². The number of hydrogen-bond acceptors (Lipinski definition) is 2. The van der Waals surface area contributed by atoms with Crippen molar-refractivity contribution in [3.63, 3.8) is 0 Å². The van der Waals surface area contributed by atoms with E-state index in [1.54, 1.807) is 6.20 Å². The van der Waals surface area contributed by atoms with Gasteiger partial charge >= 0.3 is 0 Å². The minimum Gasteiger partial charge on any atom is -0.458 e. The van der Waals surface area contributed by atoms with Gasteiger partial charge in [0, 0.05) is 24.4 Å². The van der Waals surface area contributed by atoms with Gasteiger partial charge in [-0.25, -0.2) is 4.98 Å². The third-order valence-corrected chi connectivity index (χ3v) is 13.1. The fourth-order valence-corrected chi connectivity index (χ4v) is 9.13. The number of aryl methyl sites for hydroxylation is 1. The molecule has 3 heterocycles. The summed E-state index contributed by atoms with van der Waals surface area (Å²) in [6, 6.07) is 43.1. The Balaban J connectivity index is 1.15. The van der Waals surface area contributed by atoms with Crippen LogP contribution in [0.2, 0.25) is 0 Å². The van der Waals surface area contributed by atoms with Gasteiger partial charge in [0.2, 0.25) is 0 Å². The number of para-hydroxylation sites is 3. The van der Waals surface area contributed by atoms with Crippen molar-refractivity contribution in [2.24, 2.45) is 5.92 Å². The first-order valence-electron chi connectivity index (χ1n) is 26.2. The summed E-state index contributed by atoms with van der Waals surface area (Å²) < 4.78 is 66.6. The summed E-state index contributed by atoms with van der Waals surface area (Å²) in [4.78, 5) is 4.85. The second-order valence-corrected chi connectivity index (χ2v) is 20.1. The Labute approximate surface area is 404 Å². The molecule has 5 nitrogen and oxygen atoms in total. The lowest BCUT2D eigenvalue weighted by molar-refractivity contribution is -0.571.